The fourth-order valence-corrected chi connectivity index (χ4v) is 3.48. The van der Waals surface area contributed by atoms with Crippen LogP contribution in [0.3, 0.4) is 0 Å². The van der Waals surface area contributed by atoms with Crippen molar-refractivity contribution in [3.63, 3.8) is 0 Å². The van der Waals surface area contributed by atoms with Crippen molar-refractivity contribution in [2.75, 3.05) is 0 Å². The Morgan fingerprint density at radius 2 is 1.81 bits per heavy atom. The molecule has 1 aromatic heterocycles. The van der Waals surface area contributed by atoms with Crippen molar-refractivity contribution in [2.24, 2.45) is 5.92 Å². The highest BCUT2D eigenvalue weighted by Gasteiger charge is 2.31. The average molecular weight is 356 g/mol. The van der Waals surface area contributed by atoms with E-state index in [-0.39, 0.29) is 17.6 Å². The zero-order chi connectivity index (χ0) is 18.7. The Labute approximate surface area is 152 Å². The predicted octanol–water partition coefficient (Wildman–Crippen LogP) is 2.65. The maximum absolute atomic E-state index is 12.7. The summed E-state index contributed by atoms with van der Waals surface area (Å²) in [5, 5.41) is 20.5. The van der Waals surface area contributed by atoms with Gasteiger partial charge in [-0.3, -0.25) is 9.59 Å². The molecule has 0 unspecified atom stereocenters. The molecule has 1 aliphatic carbocycles. The molecule has 2 N–H and O–H groups in total. The lowest BCUT2D eigenvalue weighted by molar-refractivity contribution is -0.142. The van der Waals surface area contributed by atoms with E-state index in [0.717, 1.165) is 30.5 Å². The van der Waals surface area contributed by atoms with E-state index >= 15 is 0 Å². The van der Waals surface area contributed by atoms with Gasteiger partial charge in [0.1, 0.15) is 0 Å². The van der Waals surface area contributed by atoms with Crippen LogP contribution in [0.25, 0.3) is 5.69 Å². The third kappa shape index (κ3) is 3.76. The van der Waals surface area contributed by atoms with Crippen LogP contribution in [0.15, 0.2) is 24.3 Å². The summed E-state index contributed by atoms with van der Waals surface area (Å²) in [4.78, 5) is 24.2. The molecule has 0 aliphatic heterocycles. The Morgan fingerprint density at radius 3 is 2.50 bits per heavy atom. The molecule has 138 valence electrons. The van der Waals surface area contributed by atoms with Crippen molar-refractivity contribution in [1.29, 1.82) is 0 Å². The minimum absolute atomic E-state index is 0.235. The van der Waals surface area contributed by atoms with E-state index in [1.54, 1.807) is 11.6 Å². The van der Waals surface area contributed by atoms with Crippen molar-refractivity contribution in [3.05, 3.63) is 41.2 Å². The number of aromatic nitrogens is 3. The van der Waals surface area contributed by atoms with Gasteiger partial charge in [0.05, 0.1) is 17.3 Å². The summed E-state index contributed by atoms with van der Waals surface area (Å²) < 4.78 is 1.62. The summed E-state index contributed by atoms with van der Waals surface area (Å²) in [5.74, 6) is -1.76. The molecule has 26 heavy (non-hydrogen) atoms. The van der Waals surface area contributed by atoms with Gasteiger partial charge in [0, 0.05) is 6.04 Å². The molecule has 0 bridgehead atoms. The molecular formula is C19H24N4O3. The first-order valence-electron chi connectivity index (χ1n) is 9.00. The van der Waals surface area contributed by atoms with Crippen molar-refractivity contribution in [2.45, 2.75) is 52.0 Å². The second kappa shape index (κ2) is 7.68. The number of aryl methyl sites for hydroxylation is 1. The first kappa shape index (κ1) is 18.1. The summed E-state index contributed by atoms with van der Waals surface area (Å²) in [6, 6.07) is 7.42. The van der Waals surface area contributed by atoms with Crippen molar-refractivity contribution >= 4 is 11.9 Å². The van der Waals surface area contributed by atoms with Gasteiger partial charge in [-0.25, -0.2) is 4.68 Å². The second-order valence-electron chi connectivity index (χ2n) is 6.93. The fraction of sp³-hybridized carbons (Fsp3) is 0.474. The van der Waals surface area contributed by atoms with Gasteiger partial charge in [0.15, 0.2) is 5.69 Å². The lowest BCUT2D eigenvalue weighted by atomic mass is 9.94. The lowest BCUT2D eigenvalue weighted by Gasteiger charge is -2.22. The van der Waals surface area contributed by atoms with Crippen LogP contribution in [0, 0.1) is 19.8 Å². The number of amides is 1. The van der Waals surface area contributed by atoms with Crippen molar-refractivity contribution in [3.8, 4) is 5.69 Å². The summed E-state index contributed by atoms with van der Waals surface area (Å²) in [5.41, 5.74) is 2.83. The highest BCUT2D eigenvalue weighted by atomic mass is 16.4. The Bertz CT molecular complexity index is 798. The molecule has 1 aliphatic rings. The number of benzene rings is 1. The Kier molecular flexibility index (Phi) is 5.35. The minimum Gasteiger partial charge on any atom is -0.481 e. The third-order valence-corrected chi connectivity index (χ3v) is 5.04. The van der Waals surface area contributed by atoms with Crippen LogP contribution in [0.2, 0.25) is 0 Å². The number of carbonyl (C=O) groups is 2. The number of hydrogen-bond acceptors (Lipinski definition) is 4. The number of hydrogen-bond donors (Lipinski definition) is 2. The van der Waals surface area contributed by atoms with Gasteiger partial charge in [-0.2, -0.15) is 0 Å². The third-order valence-electron chi connectivity index (χ3n) is 5.04. The Morgan fingerprint density at radius 1 is 1.12 bits per heavy atom. The number of carboxylic acid groups (broad SMARTS) is 1. The molecule has 2 atom stereocenters. The molecule has 3 rings (SSSR count). The molecular weight excluding hydrogens is 332 g/mol. The van der Waals surface area contributed by atoms with Crippen LogP contribution in [0.5, 0.6) is 0 Å². The maximum Gasteiger partial charge on any atom is 0.308 e. The molecule has 1 fully saturated rings. The number of aliphatic carboxylic acids is 1. The van der Waals surface area contributed by atoms with Crippen molar-refractivity contribution < 1.29 is 14.7 Å². The van der Waals surface area contributed by atoms with E-state index < -0.39 is 11.9 Å². The van der Waals surface area contributed by atoms with Gasteiger partial charge >= 0.3 is 5.97 Å². The molecule has 0 spiro atoms. The molecule has 1 amide bonds. The second-order valence-corrected chi connectivity index (χ2v) is 6.93. The van der Waals surface area contributed by atoms with E-state index in [0.29, 0.717) is 18.5 Å². The molecule has 1 saturated carbocycles. The largest absolute Gasteiger partial charge is 0.481 e. The van der Waals surface area contributed by atoms with Crippen LogP contribution < -0.4 is 5.32 Å². The zero-order valence-corrected chi connectivity index (χ0v) is 15.1. The number of nitrogens with zero attached hydrogens (tertiary/aromatic N) is 3. The van der Waals surface area contributed by atoms with Crippen molar-refractivity contribution in [1.82, 2.24) is 20.3 Å². The molecule has 7 nitrogen and oxygen atoms in total. The lowest BCUT2D eigenvalue weighted by Crippen LogP contribution is -2.43. The smallest absolute Gasteiger partial charge is 0.308 e. The van der Waals surface area contributed by atoms with E-state index in [2.05, 4.69) is 15.6 Å². The quantitative estimate of drug-likeness (QED) is 0.821. The Hall–Kier alpha value is -2.70. The summed E-state index contributed by atoms with van der Waals surface area (Å²) in [6.07, 6.45) is 4.07. The number of carbonyl (C=O) groups excluding carboxylic acids is 1. The monoisotopic (exact) mass is 356 g/mol. The average Bonchev–Trinajstić information content (AvgIpc) is 2.84. The first-order valence-corrected chi connectivity index (χ1v) is 9.00. The van der Waals surface area contributed by atoms with Crippen LogP contribution in [0.1, 0.15) is 53.8 Å². The van der Waals surface area contributed by atoms with Crippen LogP contribution in [0.4, 0.5) is 0 Å². The van der Waals surface area contributed by atoms with Gasteiger partial charge < -0.3 is 10.4 Å². The van der Waals surface area contributed by atoms with E-state index in [1.165, 1.54) is 0 Å². The molecule has 1 aromatic carbocycles. The van der Waals surface area contributed by atoms with Gasteiger partial charge in [0.25, 0.3) is 5.91 Å². The van der Waals surface area contributed by atoms with Gasteiger partial charge in [-0.1, -0.05) is 42.2 Å². The maximum atomic E-state index is 12.7. The van der Waals surface area contributed by atoms with E-state index in [4.69, 9.17) is 0 Å². The van der Waals surface area contributed by atoms with E-state index in [1.807, 2.05) is 31.2 Å². The van der Waals surface area contributed by atoms with Gasteiger partial charge in [-0.05, 0) is 38.8 Å². The molecule has 2 aromatic rings. The topological polar surface area (TPSA) is 97.1 Å². The Balaban J connectivity index is 1.79. The number of rotatable bonds is 4. The molecule has 7 heteroatoms. The zero-order valence-electron chi connectivity index (χ0n) is 15.1. The van der Waals surface area contributed by atoms with Gasteiger partial charge in [-0.15, -0.1) is 5.10 Å². The number of nitrogens with one attached hydrogen (secondary N) is 1. The van der Waals surface area contributed by atoms with Crippen LogP contribution >= 0.6 is 0 Å². The standard InChI is InChI=1S/C19H24N4O3/c1-12-8-10-14(11-9-12)23-13(2)17(21-22-23)18(24)20-16-7-5-3-4-6-15(16)19(25)26/h8-11,15-16H,3-7H2,1-2H3,(H,20,24)(H,25,26)/t15-,16+/m1/s1. The highest BCUT2D eigenvalue weighted by molar-refractivity contribution is 5.93. The number of carboxylic acids is 1. The molecule has 0 saturated heterocycles. The van der Waals surface area contributed by atoms with Crippen LogP contribution in [-0.4, -0.2) is 38.0 Å². The minimum atomic E-state index is -0.850. The van der Waals surface area contributed by atoms with E-state index in [9.17, 15) is 14.7 Å². The van der Waals surface area contributed by atoms with Gasteiger partial charge in [0.2, 0.25) is 0 Å². The summed E-state index contributed by atoms with van der Waals surface area (Å²) in [6.45, 7) is 3.79. The predicted molar refractivity (Wildman–Crippen MR) is 96.3 cm³/mol. The summed E-state index contributed by atoms with van der Waals surface area (Å²) >= 11 is 0. The highest BCUT2D eigenvalue weighted by Crippen LogP contribution is 2.24. The normalized spacial score (nSPS) is 20.4. The molecule has 1 heterocycles. The fourth-order valence-electron chi connectivity index (χ4n) is 3.48. The van der Waals surface area contributed by atoms with Crippen LogP contribution in [-0.2, 0) is 4.79 Å². The summed E-state index contributed by atoms with van der Waals surface area (Å²) in [7, 11) is 0. The first-order chi connectivity index (χ1) is 12.5. The SMILES string of the molecule is Cc1ccc(-n2nnc(C(=O)N[C@H]3CCCCC[C@H]3C(=O)O)c2C)cc1. The molecule has 0 radical (unpaired) electrons.